The Labute approximate surface area is 184 Å². The third-order valence-electron chi connectivity index (χ3n) is 6.99. The molecule has 8 heteroatoms. The minimum Gasteiger partial charge on any atom is -0.381 e. The molecule has 1 unspecified atom stereocenters. The average molecular weight is 446 g/mol. The summed E-state index contributed by atoms with van der Waals surface area (Å²) >= 11 is 0. The molecule has 3 aliphatic rings. The Balaban J connectivity index is 1.16. The number of sulfonamides is 1. The van der Waals surface area contributed by atoms with Crippen molar-refractivity contribution in [1.29, 1.82) is 0 Å². The molecule has 2 aromatic rings. The molecule has 1 aromatic heterocycles. The monoisotopic (exact) mass is 445 g/mol. The Hall–Kier alpha value is -1.77. The first kappa shape index (κ1) is 21.1. The van der Waals surface area contributed by atoms with Crippen LogP contribution in [0.25, 0.3) is 0 Å². The molecule has 0 spiro atoms. The number of ether oxygens (including phenoxy) is 1. The quantitative estimate of drug-likeness (QED) is 0.578. The van der Waals surface area contributed by atoms with Crippen LogP contribution in [0, 0.1) is 5.92 Å². The molecule has 1 saturated heterocycles. The second-order valence-electron chi connectivity index (χ2n) is 9.16. The summed E-state index contributed by atoms with van der Waals surface area (Å²) in [6, 6.07) is 5.59. The van der Waals surface area contributed by atoms with Gasteiger partial charge in [0.25, 0.3) is 0 Å². The first-order valence-electron chi connectivity index (χ1n) is 11.6. The molecule has 1 atom stereocenters. The second-order valence-corrected chi connectivity index (χ2v) is 11.1. The highest BCUT2D eigenvalue weighted by atomic mass is 32.2. The fourth-order valence-electron chi connectivity index (χ4n) is 5.13. The van der Waals surface area contributed by atoms with E-state index in [-0.39, 0.29) is 5.92 Å². The second kappa shape index (κ2) is 9.00. The molecule has 0 amide bonds. The summed E-state index contributed by atoms with van der Waals surface area (Å²) in [5, 5.41) is 4.08. The van der Waals surface area contributed by atoms with Crippen LogP contribution in [0.4, 0.5) is 0 Å². The van der Waals surface area contributed by atoms with Crippen LogP contribution >= 0.6 is 0 Å². The van der Waals surface area contributed by atoms with Crippen molar-refractivity contribution in [2.75, 3.05) is 26.3 Å². The van der Waals surface area contributed by atoms with Crippen LogP contribution in [0.5, 0.6) is 0 Å². The van der Waals surface area contributed by atoms with Crippen molar-refractivity contribution in [1.82, 2.24) is 14.4 Å². The van der Waals surface area contributed by atoms with Gasteiger partial charge < -0.3 is 9.26 Å². The number of hydrogen-bond acceptors (Lipinski definition) is 6. The lowest BCUT2D eigenvalue weighted by Crippen LogP contribution is -2.28. The molecule has 2 fully saturated rings. The maximum absolute atomic E-state index is 13.1. The van der Waals surface area contributed by atoms with Crippen LogP contribution in [-0.4, -0.2) is 49.2 Å². The van der Waals surface area contributed by atoms with Crippen molar-refractivity contribution < 1.29 is 17.7 Å². The standard InChI is InChI=1S/C23H31N3O4S/c27-31(28,21-9-8-18-6-3-7-19(18)14-21)26-12-10-20(15-26)23-24-22(25-30-23)11-13-29-16-17-4-1-2-5-17/h8-9,14,17,20H,1-7,10-13,15-16H2. The molecule has 1 saturated carbocycles. The first-order valence-corrected chi connectivity index (χ1v) is 13.1. The van der Waals surface area contributed by atoms with E-state index >= 15 is 0 Å². The Kier molecular flexibility index (Phi) is 6.12. The van der Waals surface area contributed by atoms with E-state index in [4.69, 9.17) is 9.26 Å². The van der Waals surface area contributed by atoms with E-state index in [1.807, 2.05) is 12.1 Å². The fourth-order valence-corrected chi connectivity index (χ4v) is 6.68. The molecular weight excluding hydrogens is 414 g/mol. The van der Waals surface area contributed by atoms with Crippen molar-refractivity contribution in [3.63, 3.8) is 0 Å². The number of hydrogen-bond donors (Lipinski definition) is 0. The summed E-state index contributed by atoms with van der Waals surface area (Å²) in [7, 11) is -3.50. The summed E-state index contributed by atoms with van der Waals surface area (Å²) < 4.78 is 39.1. The zero-order chi connectivity index (χ0) is 21.3. The van der Waals surface area contributed by atoms with E-state index in [1.54, 1.807) is 10.4 Å². The molecule has 0 bridgehead atoms. The van der Waals surface area contributed by atoms with Gasteiger partial charge in [-0.2, -0.15) is 9.29 Å². The summed E-state index contributed by atoms with van der Waals surface area (Å²) in [4.78, 5) is 4.92. The third kappa shape index (κ3) is 4.56. The third-order valence-corrected chi connectivity index (χ3v) is 8.85. The Morgan fingerprint density at radius 1 is 1.10 bits per heavy atom. The number of fused-ring (bicyclic) bond motifs is 1. The molecule has 2 heterocycles. The van der Waals surface area contributed by atoms with Crippen LogP contribution < -0.4 is 0 Å². The van der Waals surface area contributed by atoms with E-state index < -0.39 is 10.0 Å². The minimum atomic E-state index is -3.50. The molecule has 168 valence electrons. The highest BCUT2D eigenvalue weighted by Gasteiger charge is 2.36. The summed E-state index contributed by atoms with van der Waals surface area (Å²) in [6.07, 6.45) is 9.65. The van der Waals surface area contributed by atoms with Crippen molar-refractivity contribution in [2.45, 2.75) is 68.6 Å². The SMILES string of the molecule is O=S(=O)(c1ccc2c(c1)CCC2)N1CCC(c2nc(CCOCC3CCCC3)no2)C1. The minimum absolute atomic E-state index is 0.0511. The van der Waals surface area contributed by atoms with Crippen molar-refractivity contribution >= 4 is 10.0 Å². The van der Waals surface area contributed by atoms with Crippen LogP contribution in [0.1, 0.15) is 67.3 Å². The lowest BCUT2D eigenvalue weighted by molar-refractivity contribution is 0.102. The summed E-state index contributed by atoms with van der Waals surface area (Å²) in [5.41, 5.74) is 2.46. The zero-order valence-corrected chi connectivity index (χ0v) is 18.8. The zero-order valence-electron chi connectivity index (χ0n) is 18.0. The van der Waals surface area contributed by atoms with Gasteiger partial charge in [-0.05, 0) is 67.7 Å². The number of rotatable bonds is 8. The number of aromatic nitrogens is 2. The van der Waals surface area contributed by atoms with E-state index in [0.29, 0.717) is 55.1 Å². The van der Waals surface area contributed by atoms with Gasteiger partial charge in [-0.15, -0.1) is 0 Å². The van der Waals surface area contributed by atoms with Gasteiger partial charge in [0.15, 0.2) is 5.82 Å². The van der Waals surface area contributed by atoms with Gasteiger partial charge in [-0.1, -0.05) is 24.1 Å². The van der Waals surface area contributed by atoms with E-state index in [0.717, 1.165) is 25.9 Å². The molecule has 2 aliphatic carbocycles. The highest BCUT2D eigenvalue weighted by molar-refractivity contribution is 7.89. The molecule has 7 nitrogen and oxygen atoms in total. The predicted molar refractivity (Wildman–Crippen MR) is 115 cm³/mol. The fraction of sp³-hybridized carbons (Fsp3) is 0.652. The van der Waals surface area contributed by atoms with Gasteiger partial charge in [-0.25, -0.2) is 8.42 Å². The number of benzene rings is 1. The largest absolute Gasteiger partial charge is 0.381 e. The van der Waals surface area contributed by atoms with Crippen LogP contribution in [0.2, 0.25) is 0 Å². The van der Waals surface area contributed by atoms with Gasteiger partial charge in [0.1, 0.15) is 0 Å². The Morgan fingerprint density at radius 2 is 1.94 bits per heavy atom. The molecule has 0 radical (unpaired) electrons. The molecule has 5 rings (SSSR count). The van der Waals surface area contributed by atoms with Crippen LogP contribution in [0.3, 0.4) is 0 Å². The van der Waals surface area contributed by atoms with Gasteiger partial charge in [-0.3, -0.25) is 0 Å². The van der Waals surface area contributed by atoms with E-state index in [1.165, 1.54) is 36.8 Å². The maximum Gasteiger partial charge on any atom is 0.243 e. The number of nitrogens with zero attached hydrogens (tertiary/aromatic N) is 3. The summed E-state index contributed by atoms with van der Waals surface area (Å²) in [5.74, 6) is 1.83. The van der Waals surface area contributed by atoms with Crippen LogP contribution in [-0.2, 0) is 34.0 Å². The van der Waals surface area contributed by atoms with Crippen molar-refractivity contribution in [3.8, 4) is 0 Å². The highest BCUT2D eigenvalue weighted by Crippen LogP contribution is 2.32. The van der Waals surface area contributed by atoms with E-state index in [9.17, 15) is 8.42 Å². The molecule has 31 heavy (non-hydrogen) atoms. The van der Waals surface area contributed by atoms with Gasteiger partial charge in [0.05, 0.1) is 17.4 Å². The van der Waals surface area contributed by atoms with Gasteiger partial charge in [0.2, 0.25) is 15.9 Å². The van der Waals surface area contributed by atoms with Gasteiger partial charge >= 0.3 is 0 Å². The van der Waals surface area contributed by atoms with Gasteiger partial charge in [0, 0.05) is 26.1 Å². The molecule has 1 aromatic carbocycles. The lowest BCUT2D eigenvalue weighted by atomic mass is 10.1. The summed E-state index contributed by atoms with van der Waals surface area (Å²) in [6.45, 7) is 2.29. The molecule has 1 aliphatic heterocycles. The topological polar surface area (TPSA) is 85.5 Å². The smallest absolute Gasteiger partial charge is 0.243 e. The lowest BCUT2D eigenvalue weighted by Gasteiger charge is -2.16. The molecular formula is C23H31N3O4S. The van der Waals surface area contributed by atoms with E-state index in [2.05, 4.69) is 10.1 Å². The predicted octanol–water partition coefficient (Wildman–Crippen LogP) is 3.49. The first-order chi connectivity index (χ1) is 15.1. The molecule has 0 N–H and O–H groups in total. The van der Waals surface area contributed by atoms with Crippen LogP contribution in [0.15, 0.2) is 27.6 Å². The Bertz CT molecular complexity index is 1010. The van der Waals surface area contributed by atoms with Crippen molar-refractivity contribution in [3.05, 3.63) is 41.0 Å². The van der Waals surface area contributed by atoms with Crippen molar-refractivity contribution in [2.24, 2.45) is 5.92 Å². The normalized spacial score (nSPS) is 22.4. The number of aryl methyl sites for hydroxylation is 2. The maximum atomic E-state index is 13.1. The average Bonchev–Trinajstić information content (AvgIpc) is 3.56. The Morgan fingerprint density at radius 3 is 2.81 bits per heavy atom.